The number of aromatic nitrogens is 9. The van der Waals surface area contributed by atoms with Crippen molar-refractivity contribution in [2.24, 2.45) is 0 Å². The smallest absolute Gasteiger partial charge is 0.325 e. The van der Waals surface area contributed by atoms with Gasteiger partial charge in [0.1, 0.15) is 23.7 Å². The molecule has 2 N–H and O–H groups in total. The summed E-state index contributed by atoms with van der Waals surface area (Å²) in [6.07, 6.45) is 6.06. The SMILES string of the molecule is COc1cnc(-c2ccn(CC(=O)O)n2)c2[nH]cc(C(=O)C(=O)N3CCN(c4nnnn4-c4ccccn4)CC3)c12. The van der Waals surface area contributed by atoms with Gasteiger partial charge < -0.3 is 24.6 Å². The number of rotatable bonds is 8. The highest BCUT2D eigenvalue weighted by Gasteiger charge is 2.31. The zero-order valence-electron chi connectivity index (χ0n) is 21.7. The Kier molecular flexibility index (Phi) is 6.54. The molecule has 0 atom stereocenters. The Bertz CT molecular complexity index is 1750. The van der Waals surface area contributed by atoms with Crippen LogP contribution in [0.3, 0.4) is 0 Å². The molecule has 208 valence electrons. The van der Waals surface area contributed by atoms with Crippen molar-refractivity contribution in [3.63, 3.8) is 0 Å². The van der Waals surface area contributed by atoms with Crippen LogP contribution >= 0.6 is 0 Å². The monoisotopic (exact) mass is 557 g/mol. The van der Waals surface area contributed by atoms with Crippen molar-refractivity contribution in [2.75, 3.05) is 38.2 Å². The average molecular weight is 558 g/mol. The average Bonchev–Trinajstić information content (AvgIpc) is 3.76. The number of pyridine rings is 2. The fourth-order valence-electron chi connectivity index (χ4n) is 4.74. The molecule has 6 rings (SSSR count). The van der Waals surface area contributed by atoms with Crippen LogP contribution in [0, 0.1) is 0 Å². The van der Waals surface area contributed by atoms with E-state index in [2.05, 4.69) is 35.6 Å². The Morgan fingerprint density at radius 3 is 2.66 bits per heavy atom. The number of hydrogen-bond donors (Lipinski definition) is 2. The highest BCUT2D eigenvalue weighted by atomic mass is 16.5. The molecule has 1 aliphatic heterocycles. The molecule has 0 spiro atoms. The van der Waals surface area contributed by atoms with Crippen LogP contribution in [0.1, 0.15) is 10.4 Å². The molecule has 0 saturated carbocycles. The van der Waals surface area contributed by atoms with Crippen LogP contribution < -0.4 is 9.64 Å². The molecule has 41 heavy (non-hydrogen) atoms. The third-order valence-electron chi connectivity index (χ3n) is 6.68. The number of anilines is 1. The fraction of sp³-hybridized carbons (Fsp3) is 0.240. The Morgan fingerprint density at radius 2 is 1.93 bits per heavy atom. The van der Waals surface area contributed by atoms with E-state index >= 15 is 0 Å². The molecule has 16 heteroatoms. The van der Waals surface area contributed by atoms with Crippen molar-refractivity contribution >= 4 is 34.5 Å². The van der Waals surface area contributed by atoms with Crippen molar-refractivity contribution in [2.45, 2.75) is 6.54 Å². The predicted molar refractivity (Wildman–Crippen MR) is 142 cm³/mol. The van der Waals surface area contributed by atoms with E-state index in [1.165, 1.54) is 40.0 Å². The number of H-pyrrole nitrogens is 1. The molecule has 6 heterocycles. The zero-order valence-corrected chi connectivity index (χ0v) is 21.7. The summed E-state index contributed by atoms with van der Waals surface area (Å²) in [4.78, 5) is 53.0. The molecule has 0 aliphatic carbocycles. The topological polar surface area (TPSA) is 190 Å². The van der Waals surface area contributed by atoms with E-state index in [1.54, 1.807) is 24.4 Å². The first kappa shape index (κ1) is 25.6. The number of nitrogens with zero attached hydrogens (tertiary/aromatic N) is 10. The standard InChI is InChI=1S/C25H23N11O5/c1-41-17-13-28-21(16-5-7-35(30-16)14-19(37)38)22-20(17)15(12-27-22)23(39)24(40)33-8-10-34(11-9-33)25-29-31-32-36(25)18-4-2-3-6-26-18/h2-7,12-13,27H,8-11,14H2,1H3,(H,37,38). The van der Waals surface area contributed by atoms with Gasteiger partial charge in [0.05, 0.1) is 29.8 Å². The number of fused-ring (bicyclic) bond motifs is 1. The van der Waals surface area contributed by atoms with Gasteiger partial charge in [-0.2, -0.15) is 9.78 Å². The number of hydrogen-bond acceptors (Lipinski definition) is 11. The van der Waals surface area contributed by atoms with Gasteiger partial charge in [0.15, 0.2) is 5.82 Å². The third kappa shape index (κ3) is 4.70. The number of carbonyl (C=O) groups is 3. The molecule has 1 saturated heterocycles. The molecule has 1 fully saturated rings. The van der Waals surface area contributed by atoms with Gasteiger partial charge in [-0.05, 0) is 28.6 Å². The second kappa shape index (κ2) is 10.5. The van der Waals surface area contributed by atoms with Crippen LogP contribution in [0.4, 0.5) is 5.95 Å². The maximum Gasteiger partial charge on any atom is 0.325 e. The number of ether oxygens (including phenoxy) is 1. The van der Waals surface area contributed by atoms with Gasteiger partial charge in [-0.1, -0.05) is 11.2 Å². The van der Waals surface area contributed by atoms with E-state index in [9.17, 15) is 14.4 Å². The predicted octanol–water partition coefficient (Wildman–Crippen LogP) is 0.422. The highest BCUT2D eigenvalue weighted by molar-refractivity contribution is 6.45. The molecule has 0 bridgehead atoms. The molecule has 0 aromatic carbocycles. The van der Waals surface area contributed by atoms with Gasteiger partial charge in [-0.25, -0.2) is 9.97 Å². The number of carboxylic acid groups (broad SMARTS) is 1. The normalized spacial score (nSPS) is 13.5. The summed E-state index contributed by atoms with van der Waals surface area (Å²) in [5.74, 6) is -1.02. The van der Waals surface area contributed by atoms with Gasteiger partial charge in [0.25, 0.3) is 17.6 Å². The molecule has 16 nitrogen and oxygen atoms in total. The number of ketones is 1. The Balaban J connectivity index is 1.22. The Morgan fingerprint density at radius 1 is 1.10 bits per heavy atom. The summed E-state index contributed by atoms with van der Waals surface area (Å²) in [6, 6.07) is 7.04. The number of Topliss-reactive ketones (excluding diaryl/α,β-unsaturated/α-hetero) is 1. The van der Waals surface area contributed by atoms with Crippen LogP contribution in [0.5, 0.6) is 5.75 Å². The summed E-state index contributed by atoms with van der Waals surface area (Å²) in [7, 11) is 1.44. The van der Waals surface area contributed by atoms with Crippen molar-refractivity contribution in [3.8, 4) is 23.0 Å². The lowest BCUT2D eigenvalue weighted by Crippen LogP contribution is -2.51. The maximum absolute atomic E-state index is 13.5. The fourth-order valence-corrected chi connectivity index (χ4v) is 4.74. The number of methoxy groups -OCH3 is 1. The number of carbonyl (C=O) groups excluding carboxylic acids is 2. The molecule has 0 unspecified atom stereocenters. The van der Waals surface area contributed by atoms with Gasteiger partial charge >= 0.3 is 5.97 Å². The second-order valence-corrected chi connectivity index (χ2v) is 9.11. The number of piperazine rings is 1. The minimum Gasteiger partial charge on any atom is -0.494 e. The van der Waals surface area contributed by atoms with E-state index in [1.807, 2.05) is 11.0 Å². The van der Waals surface area contributed by atoms with Crippen LogP contribution in [0.15, 0.2) is 49.1 Å². The lowest BCUT2D eigenvalue weighted by molar-refractivity contribution is -0.137. The minimum absolute atomic E-state index is 0.136. The molecule has 5 aromatic heterocycles. The third-order valence-corrected chi connectivity index (χ3v) is 6.68. The van der Waals surface area contributed by atoms with Crippen LogP contribution in [0.25, 0.3) is 28.1 Å². The molecule has 1 aliphatic rings. The Hall–Kier alpha value is -5.67. The lowest BCUT2D eigenvalue weighted by Gasteiger charge is -2.34. The van der Waals surface area contributed by atoms with E-state index in [0.29, 0.717) is 52.9 Å². The Labute approximate surface area is 231 Å². The maximum atomic E-state index is 13.5. The van der Waals surface area contributed by atoms with Gasteiger partial charge in [-0.3, -0.25) is 19.1 Å². The summed E-state index contributed by atoms with van der Waals surface area (Å²) >= 11 is 0. The lowest BCUT2D eigenvalue weighted by atomic mass is 10.1. The van der Waals surface area contributed by atoms with Crippen molar-refractivity contribution in [3.05, 3.63) is 54.6 Å². The minimum atomic E-state index is -1.04. The summed E-state index contributed by atoms with van der Waals surface area (Å²) in [5.41, 5.74) is 1.36. The molecule has 1 amide bonds. The summed E-state index contributed by atoms with van der Waals surface area (Å²) < 4.78 is 8.25. The zero-order chi connectivity index (χ0) is 28.5. The first-order valence-electron chi connectivity index (χ1n) is 12.5. The summed E-state index contributed by atoms with van der Waals surface area (Å²) in [6.45, 7) is 1.08. The van der Waals surface area contributed by atoms with Crippen LogP contribution in [-0.2, 0) is 16.1 Å². The molecular formula is C25H23N11O5. The summed E-state index contributed by atoms with van der Waals surface area (Å²) in [5, 5.41) is 25.6. The van der Waals surface area contributed by atoms with Crippen molar-refractivity contribution in [1.29, 1.82) is 0 Å². The van der Waals surface area contributed by atoms with Gasteiger partial charge in [0, 0.05) is 44.8 Å². The van der Waals surface area contributed by atoms with E-state index in [0.717, 1.165) is 0 Å². The quantitative estimate of drug-likeness (QED) is 0.198. The first-order valence-corrected chi connectivity index (χ1v) is 12.5. The van der Waals surface area contributed by atoms with Crippen LogP contribution in [0.2, 0.25) is 0 Å². The largest absolute Gasteiger partial charge is 0.494 e. The number of carboxylic acids is 1. The molecule has 0 radical (unpaired) electrons. The second-order valence-electron chi connectivity index (χ2n) is 9.11. The number of nitrogens with one attached hydrogen (secondary N) is 1. The van der Waals surface area contributed by atoms with Gasteiger partial charge in [0.2, 0.25) is 0 Å². The van der Waals surface area contributed by atoms with Crippen LogP contribution in [-0.4, -0.2) is 106 Å². The highest BCUT2D eigenvalue weighted by Crippen LogP contribution is 2.34. The first-order chi connectivity index (χ1) is 19.9. The number of aliphatic carboxylic acids is 1. The van der Waals surface area contributed by atoms with E-state index in [-0.39, 0.29) is 25.2 Å². The van der Waals surface area contributed by atoms with Crippen molar-refractivity contribution in [1.82, 2.24) is 49.8 Å². The van der Waals surface area contributed by atoms with E-state index in [4.69, 9.17) is 9.84 Å². The molecular weight excluding hydrogens is 534 g/mol. The van der Waals surface area contributed by atoms with E-state index < -0.39 is 17.7 Å². The number of aromatic amines is 1. The number of tetrazole rings is 1. The van der Waals surface area contributed by atoms with Crippen molar-refractivity contribution < 1.29 is 24.2 Å². The van der Waals surface area contributed by atoms with Gasteiger partial charge in [-0.15, -0.1) is 0 Å². The molecule has 5 aromatic rings. The number of amides is 1.